The quantitative estimate of drug-likeness (QED) is 0.769. The van der Waals surface area contributed by atoms with Gasteiger partial charge in [-0.25, -0.2) is 0 Å². The van der Waals surface area contributed by atoms with Crippen LogP contribution >= 0.6 is 0 Å². The van der Waals surface area contributed by atoms with Gasteiger partial charge in [-0.1, -0.05) is 12.8 Å². The summed E-state index contributed by atoms with van der Waals surface area (Å²) >= 11 is 0. The van der Waals surface area contributed by atoms with Crippen LogP contribution in [0, 0.1) is 0 Å². The van der Waals surface area contributed by atoms with Gasteiger partial charge in [0.1, 0.15) is 0 Å². The van der Waals surface area contributed by atoms with Crippen LogP contribution in [-0.2, 0) is 4.74 Å². The first kappa shape index (κ1) is 11.4. The van der Waals surface area contributed by atoms with Gasteiger partial charge in [0.05, 0.1) is 18.3 Å². The molecule has 0 aromatic carbocycles. The molecule has 0 aromatic rings. The second-order valence-electron chi connectivity index (χ2n) is 5.18. The van der Waals surface area contributed by atoms with Crippen LogP contribution in [0.1, 0.15) is 39.5 Å². The average Bonchev–Trinajstić information content (AvgIpc) is 2.12. The van der Waals surface area contributed by atoms with E-state index in [1.165, 1.54) is 12.8 Å². The second-order valence-corrected chi connectivity index (χ2v) is 5.18. The second kappa shape index (κ2) is 4.81. The Morgan fingerprint density at radius 3 is 2.47 bits per heavy atom. The molecule has 2 aliphatic rings. The van der Waals surface area contributed by atoms with Crippen molar-refractivity contribution in [1.29, 1.82) is 0 Å². The Hall–Kier alpha value is -0.120. The number of ether oxygens (including phenoxy) is 1. The van der Waals surface area contributed by atoms with Crippen molar-refractivity contribution < 1.29 is 9.84 Å². The lowest BCUT2D eigenvalue weighted by atomic mass is 9.89. The molecule has 0 amide bonds. The highest BCUT2D eigenvalue weighted by Gasteiger charge is 2.37. The summed E-state index contributed by atoms with van der Waals surface area (Å²) in [4.78, 5) is 2.39. The molecule has 2 rings (SSSR count). The van der Waals surface area contributed by atoms with Crippen LogP contribution in [0.5, 0.6) is 0 Å². The third kappa shape index (κ3) is 2.71. The minimum atomic E-state index is -0.0984. The molecule has 1 saturated heterocycles. The topological polar surface area (TPSA) is 32.7 Å². The summed E-state index contributed by atoms with van der Waals surface area (Å²) in [5, 5.41) is 9.89. The number of hydrogen-bond acceptors (Lipinski definition) is 3. The fourth-order valence-corrected chi connectivity index (χ4v) is 2.73. The molecule has 0 spiro atoms. The molecular weight excluding hydrogens is 190 g/mol. The molecule has 1 N–H and O–H groups in total. The molecule has 0 aromatic heterocycles. The summed E-state index contributed by atoms with van der Waals surface area (Å²) in [5.74, 6) is 0. The monoisotopic (exact) mass is 213 g/mol. The van der Waals surface area contributed by atoms with Gasteiger partial charge in [0.2, 0.25) is 0 Å². The summed E-state index contributed by atoms with van der Waals surface area (Å²) in [6, 6.07) is 0.408. The van der Waals surface area contributed by atoms with Gasteiger partial charge in [-0.15, -0.1) is 0 Å². The minimum absolute atomic E-state index is 0.0984. The lowest BCUT2D eigenvalue weighted by Crippen LogP contribution is -2.60. The van der Waals surface area contributed by atoms with Crippen molar-refractivity contribution in [1.82, 2.24) is 4.90 Å². The molecule has 0 unspecified atom stereocenters. The molecule has 1 heterocycles. The van der Waals surface area contributed by atoms with Gasteiger partial charge in [-0.05, 0) is 26.7 Å². The highest BCUT2D eigenvalue weighted by Crippen LogP contribution is 2.27. The number of rotatable bonds is 3. The number of aliphatic hydroxyl groups is 1. The van der Waals surface area contributed by atoms with Gasteiger partial charge in [-0.2, -0.15) is 0 Å². The van der Waals surface area contributed by atoms with E-state index in [1.54, 1.807) is 0 Å². The Labute approximate surface area is 92.4 Å². The number of nitrogens with zero attached hydrogens (tertiary/aromatic N) is 1. The van der Waals surface area contributed by atoms with E-state index in [0.717, 1.165) is 25.9 Å². The van der Waals surface area contributed by atoms with Crippen molar-refractivity contribution in [2.24, 2.45) is 0 Å². The highest BCUT2D eigenvalue weighted by molar-refractivity contribution is 4.91. The maximum absolute atomic E-state index is 9.89. The van der Waals surface area contributed by atoms with Crippen LogP contribution in [0.2, 0.25) is 0 Å². The largest absolute Gasteiger partial charge is 0.391 e. The van der Waals surface area contributed by atoms with Crippen LogP contribution in [0.15, 0.2) is 0 Å². The van der Waals surface area contributed by atoms with E-state index in [4.69, 9.17) is 4.74 Å². The van der Waals surface area contributed by atoms with E-state index in [0.29, 0.717) is 18.2 Å². The van der Waals surface area contributed by atoms with Gasteiger partial charge in [0.25, 0.3) is 0 Å². The zero-order chi connectivity index (χ0) is 10.8. The standard InChI is InChI=1S/C12H23NO2/c1-9(2)15-10-7-13(8-10)11-5-3-4-6-12(11)14/h9-12,14H,3-8H2,1-2H3/t11-,12-/m0/s1. The zero-order valence-electron chi connectivity index (χ0n) is 9.85. The highest BCUT2D eigenvalue weighted by atomic mass is 16.5. The van der Waals surface area contributed by atoms with Crippen molar-refractivity contribution in [3.8, 4) is 0 Å². The van der Waals surface area contributed by atoms with Crippen LogP contribution in [0.25, 0.3) is 0 Å². The van der Waals surface area contributed by atoms with Gasteiger partial charge in [0, 0.05) is 19.1 Å². The van der Waals surface area contributed by atoms with Crippen LogP contribution in [0.3, 0.4) is 0 Å². The lowest BCUT2D eigenvalue weighted by molar-refractivity contribution is -0.117. The molecule has 1 aliphatic heterocycles. The van der Waals surface area contributed by atoms with Gasteiger partial charge in [-0.3, -0.25) is 4.90 Å². The SMILES string of the molecule is CC(C)OC1CN([C@H]2CCCC[C@@H]2O)C1. The fraction of sp³-hybridized carbons (Fsp3) is 1.00. The number of likely N-dealkylation sites (tertiary alicyclic amines) is 1. The third-order valence-corrected chi connectivity index (χ3v) is 3.50. The first-order valence-electron chi connectivity index (χ1n) is 6.24. The maximum atomic E-state index is 9.89. The smallest absolute Gasteiger partial charge is 0.0832 e. The Morgan fingerprint density at radius 2 is 1.87 bits per heavy atom. The zero-order valence-corrected chi connectivity index (χ0v) is 9.85. The van der Waals surface area contributed by atoms with Gasteiger partial charge < -0.3 is 9.84 Å². The first-order valence-corrected chi connectivity index (χ1v) is 6.24. The van der Waals surface area contributed by atoms with E-state index in [9.17, 15) is 5.11 Å². The average molecular weight is 213 g/mol. The molecule has 1 aliphatic carbocycles. The molecule has 2 fully saturated rings. The first-order chi connectivity index (χ1) is 7.16. The molecular formula is C12H23NO2. The van der Waals surface area contributed by atoms with Crippen molar-refractivity contribution in [3.63, 3.8) is 0 Å². The molecule has 15 heavy (non-hydrogen) atoms. The fourth-order valence-electron chi connectivity index (χ4n) is 2.73. The third-order valence-electron chi connectivity index (χ3n) is 3.50. The van der Waals surface area contributed by atoms with Crippen molar-refractivity contribution in [2.75, 3.05) is 13.1 Å². The molecule has 3 nitrogen and oxygen atoms in total. The maximum Gasteiger partial charge on any atom is 0.0832 e. The van der Waals surface area contributed by atoms with E-state index in [1.807, 2.05) is 0 Å². The molecule has 88 valence electrons. The lowest BCUT2D eigenvalue weighted by Gasteiger charge is -2.47. The van der Waals surface area contributed by atoms with E-state index in [2.05, 4.69) is 18.7 Å². The van der Waals surface area contributed by atoms with Crippen LogP contribution < -0.4 is 0 Å². The van der Waals surface area contributed by atoms with E-state index < -0.39 is 0 Å². The van der Waals surface area contributed by atoms with E-state index in [-0.39, 0.29) is 6.10 Å². The van der Waals surface area contributed by atoms with Crippen LogP contribution in [-0.4, -0.2) is 47.4 Å². The summed E-state index contributed by atoms with van der Waals surface area (Å²) in [7, 11) is 0. The van der Waals surface area contributed by atoms with Gasteiger partial charge in [0.15, 0.2) is 0 Å². The Kier molecular flexibility index (Phi) is 3.65. The minimum Gasteiger partial charge on any atom is -0.391 e. The summed E-state index contributed by atoms with van der Waals surface area (Å²) < 4.78 is 5.72. The molecule has 1 saturated carbocycles. The Balaban J connectivity index is 1.73. The Bertz CT molecular complexity index is 202. The molecule has 0 bridgehead atoms. The van der Waals surface area contributed by atoms with Crippen LogP contribution in [0.4, 0.5) is 0 Å². The van der Waals surface area contributed by atoms with Crippen molar-refractivity contribution >= 4 is 0 Å². The summed E-state index contributed by atoms with van der Waals surface area (Å²) in [5.41, 5.74) is 0. The molecule has 0 radical (unpaired) electrons. The predicted molar refractivity (Wildman–Crippen MR) is 59.8 cm³/mol. The van der Waals surface area contributed by atoms with Crippen molar-refractivity contribution in [3.05, 3.63) is 0 Å². The Morgan fingerprint density at radius 1 is 1.20 bits per heavy atom. The van der Waals surface area contributed by atoms with E-state index >= 15 is 0 Å². The summed E-state index contributed by atoms with van der Waals surface area (Å²) in [6.45, 7) is 6.19. The van der Waals surface area contributed by atoms with Gasteiger partial charge >= 0.3 is 0 Å². The summed E-state index contributed by atoms with van der Waals surface area (Å²) in [6.07, 6.45) is 5.24. The molecule has 3 heteroatoms. The molecule has 2 atom stereocenters. The normalized spacial score (nSPS) is 34.4. The predicted octanol–water partition coefficient (Wildman–Crippen LogP) is 1.40. The number of hydrogen-bond donors (Lipinski definition) is 1. The number of aliphatic hydroxyl groups excluding tert-OH is 1. The van der Waals surface area contributed by atoms with Crippen molar-refractivity contribution in [2.45, 2.75) is 63.9 Å².